The molecule has 0 saturated carbocycles. The van der Waals surface area contributed by atoms with E-state index < -0.39 is 10.0 Å². The molecule has 0 spiro atoms. The van der Waals surface area contributed by atoms with E-state index in [0.717, 1.165) is 24.0 Å². The minimum absolute atomic E-state index is 0.0331. The minimum Gasteiger partial charge on any atom is -0.207 e. The van der Waals surface area contributed by atoms with Gasteiger partial charge >= 0.3 is 0 Å². The van der Waals surface area contributed by atoms with Crippen molar-refractivity contribution in [2.24, 2.45) is 0 Å². The molecular weight excluding hydrogens is 282 g/mol. The van der Waals surface area contributed by atoms with E-state index in [1.807, 2.05) is 26.8 Å². The summed E-state index contributed by atoms with van der Waals surface area (Å²) in [5, 5.41) is 0. The van der Waals surface area contributed by atoms with Gasteiger partial charge in [-0.15, -0.1) is 11.6 Å². The molecule has 1 aromatic carbocycles. The second-order valence-corrected chi connectivity index (χ2v) is 6.98. The number of rotatable bonds is 6. The van der Waals surface area contributed by atoms with Gasteiger partial charge in [-0.1, -0.05) is 19.9 Å². The first kappa shape index (κ1) is 16.5. The van der Waals surface area contributed by atoms with Gasteiger partial charge in [0.25, 0.3) is 0 Å². The summed E-state index contributed by atoms with van der Waals surface area (Å²) < 4.78 is 26.6. The van der Waals surface area contributed by atoms with Crippen LogP contribution in [0.4, 0.5) is 0 Å². The molecule has 5 heteroatoms. The Hall–Kier alpha value is -0.580. The first-order valence-corrected chi connectivity index (χ1v) is 8.49. The molecule has 0 unspecified atom stereocenters. The third kappa shape index (κ3) is 3.50. The Labute approximate surface area is 121 Å². The number of aryl methyl sites for hydroxylation is 1. The topological polar surface area (TPSA) is 37.4 Å². The third-order valence-corrected chi connectivity index (χ3v) is 5.79. The van der Waals surface area contributed by atoms with Crippen molar-refractivity contribution in [1.82, 2.24) is 4.31 Å². The van der Waals surface area contributed by atoms with Crippen molar-refractivity contribution >= 4 is 21.6 Å². The molecule has 0 bridgehead atoms. The van der Waals surface area contributed by atoms with Gasteiger partial charge in [0.1, 0.15) is 0 Å². The summed E-state index contributed by atoms with van der Waals surface area (Å²) in [4.78, 5) is 0.322. The van der Waals surface area contributed by atoms with Crippen LogP contribution >= 0.6 is 11.6 Å². The lowest BCUT2D eigenvalue weighted by atomic mass is 10.1. The first-order valence-electron chi connectivity index (χ1n) is 6.52. The van der Waals surface area contributed by atoms with E-state index in [9.17, 15) is 8.42 Å². The molecule has 0 aliphatic rings. The standard InChI is InChI=1S/C14H22ClNO2S/c1-5-13(6-2)16(4)19(17,18)14-8-7-11(3)12(9-14)10-15/h7-9,13H,5-6,10H2,1-4H3. The lowest BCUT2D eigenvalue weighted by molar-refractivity contribution is 0.349. The van der Waals surface area contributed by atoms with E-state index in [1.165, 1.54) is 4.31 Å². The summed E-state index contributed by atoms with van der Waals surface area (Å²) in [5.74, 6) is 0.323. The lowest BCUT2D eigenvalue weighted by Crippen LogP contribution is -2.36. The van der Waals surface area contributed by atoms with E-state index in [-0.39, 0.29) is 6.04 Å². The molecule has 3 nitrogen and oxygen atoms in total. The van der Waals surface area contributed by atoms with Crippen LogP contribution < -0.4 is 0 Å². The lowest BCUT2D eigenvalue weighted by Gasteiger charge is -2.25. The maximum Gasteiger partial charge on any atom is 0.243 e. The zero-order valence-corrected chi connectivity index (χ0v) is 13.6. The monoisotopic (exact) mass is 303 g/mol. The van der Waals surface area contributed by atoms with Gasteiger partial charge in [-0.2, -0.15) is 4.31 Å². The van der Waals surface area contributed by atoms with Crippen molar-refractivity contribution in [3.63, 3.8) is 0 Å². The van der Waals surface area contributed by atoms with Gasteiger partial charge in [0.2, 0.25) is 10.0 Å². The van der Waals surface area contributed by atoms with Gasteiger partial charge in [0.05, 0.1) is 4.90 Å². The van der Waals surface area contributed by atoms with Crippen LogP contribution in [0.25, 0.3) is 0 Å². The average molecular weight is 304 g/mol. The molecule has 0 aromatic heterocycles. The molecule has 0 fully saturated rings. The van der Waals surface area contributed by atoms with Crippen LogP contribution in [0.2, 0.25) is 0 Å². The Morgan fingerprint density at radius 2 is 1.84 bits per heavy atom. The van der Waals surface area contributed by atoms with Gasteiger partial charge in [-0.25, -0.2) is 8.42 Å². The molecule has 0 atom stereocenters. The highest BCUT2D eigenvalue weighted by Gasteiger charge is 2.26. The van der Waals surface area contributed by atoms with Crippen LogP contribution in [0, 0.1) is 6.92 Å². The largest absolute Gasteiger partial charge is 0.243 e. The maximum atomic E-state index is 12.6. The fourth-order valence-corrected chi connectivity index (χ4v) is 3.96. The third-order valence-electron chi connectivity index (χ3n) is 3.60. The number of halogens is 1. The van der Waals surface area contributed by atoms with E-state index in [2.05, 4.69) is 0 Å². The molecule has 0 radical (unpaired) electrons. The van der Waals surface area contributed by atoms with Crippen molar-refractivity contribution in [3.8, 4) is 0 Å². The zero-order chi connectivity index (χ0) is 14.6. The maximum absolute atomic E-state index is 12.6. The molecule has 1 rings (SSSR count). The molecular formula is C14H22ClNO2S. The highest BCUT2D eigenvalue weighted by molar-refractivity contribution is 7.89. The molecule has 1 aromatic rings. The summed E-state index contributed by atoms with van der Waals surface area (Å²) in [6.45, 7) is 5.93. The molecule has 0 heterocycles. The molecule has 108 valence electrons. The van der Waals surface area contributed by atoms with Gasteiger partial charge in [-0.05, 0) is 43.0 Å². The SMILES string of the molecule is CCC(CC)N(C)S(=O)(=O)c1ccc(C)c(CCl)c1. The van der Waals surface area contributed by atoms with Crippen molar-refractivity contribution in [1.29, 1.82) is 0 Å². The van der Waals surface area contributed by atoms with Crippen molar-refractivity contribution in [2.75, 3.05) is 7.05 Å². The fraction of sp³-hybridized carbons (Fsp3) is 0.571. The Morgan fingerprint density at radius 1 is 1.26 bits per heavy atom. The molecule has 0 aliphatic carbocycles. The fourth-order valence-electron chi connectivity index (χ4n) is 2.12. The van der Waals surface area contributed by atoms with Crippen LogP contribution in [0.15, 0.2) is 23.1 Å². The van der Waals surface area contributed by atoms with E-state index >= 15 is 0 Å². The van der Waals surface area contributed by atoms with Crippen molar-refractivity contribution < 1.29 is 8.42 Å². The summed E-state index contributed by atoms with van der Waals surface area (Å²) in [7, 11) is -1.79. The molecule has 0 aliphatic heterocycles. The quantitative estimate of drug-likeness (QED) is 0.754. The first-order chi connectivity index (χ1) is 8.88. The van der Waals surface area contributed by atoms with Crippen molar-refractivity contribution in [2.45, 2.75) is 50.4 Å². The number of alkyl halides is 1. The second kappa shape index (κ2) is 6.73. The highest BCUT2D eigenvalue weighted by Crippen LogP contribution is 2.22. The zero-order valence-electron chi connectivity index (χ0n) is 12.0. The van der Waals surface area contributed by atoms with Crippen LogP contribution in [0.5, 0.6) is 0 Å². The Morgan fingerprint density at radius 3 is 2.32 bits per heavy atom. The average Bonchev–Trinajstić information content (AvgIpc) is 2.40. The van der Waals surface area contributed by atoms with Crippen LogP contribution in [0.1, 0.15) is 37.8 Å². The summed E-state index contributed by atoms with van der Waals surface area (Å²) in [5.41, 5.74) is 1.87. The molecule has 19 heavy (non-hydrogen) atoms. The van der Waals surface area contributed by atoms with Gasteiger partial charge in [-0.3, -0.25) is 0 Å². The predicted molar refractivity (Wildman–Crippen MR) is 80.1 cm³/mol. The van der Waals surface area contributed by atoms with Crippen LogP contribution in [0.3, 0.4) is 0 Å². The van der Waals surface area contributed by atoms with Gasteiger partial charge in [0, 0.05) is 19.0 Å². The van der Waals surface area contributed by atoms with Gasteiger partial charge < -0.3 is 0 Å². The van der Waals surface area contributed by atoms with Crippen LogP contribution in [-0.2, 0) is 15.9 Å². The highest BCUT2D eigenvalue weighted by atomic mass is 35.5. The van der Waals surface area contributed by atoms with E-state index in [1.54, 1.807) is 19.2 Å². The number of hydrogen-bond acceptors (Lipinski definition) is 2. The van der Waals surface area contributed by atoms with E-state index in [0.29, 0.717) is 10.8 Å². The molecule has 0 N–H and O–H groups in total. The van der Waals surface area contributed by atoms with Crippen molar-refractivity contribution in [3.05, 3.63) is 29.3 Å². The Balaban J connectivity index is 3.20. The summed E-state index contributed by atoms with van der Waals surface area (Å²) >= 11 is 5.84. The molecule has 0 saturated heterocycles. The number of hydrogen-bond donors (Lipinski definition) is 0. The number of sulfonamides is 1. The summed E-state index contributed by atoms with van der Waals surface area (Å²) in [6, 6.07) is 5.17. The number of nitrogens with zero attached hydrogens (tertiary/aromatic N) is 1. The second-order valence-electron chi connectivity index (χ2n) is 4.71. The number of benzene rings is 1. The van der Waals surface area contributed by atoms with Crippen LogP contribution in [-0.4, -0.2) is 25.8 Å². The Bertz CT molecular complexity index is 524. The normalized spacial score (nSPS) is 12.4. The van der Waals surface area contributed by atoms with E-state index in [4.69, 9.17) is 11.6 Å². The minimum atomic E-state index is -3.44. The van der Waals surface area contributed by atoms with Gasteiger partial charge in [0.15, 0.2) is 0 Å². The Kier molecular flexibility index (Phi) is 5.83. The smallest absolute Gasteiger partial charge is 0.207 e. The summed E-state index contributed by atoms with van der Waals surface area (Å²) in [6.07, 6.45) is 1.61. The molecule has 0 amide bonds. The predicted octanol–water partition coefficient (Wildman–Crippen LogP) is 3.54.